The lowest BCUT2D eigenvalue weighted by Gasteiger charge is -2.35. The Bertz CT molecular complexity index is 2380. The number of carbonyl (C=O) groups excluding carboxylic acids is 4. The first kappa shape index (κ1) is 43.6. The molecule has 59 heavy (non-hydrogen) atoms. The number of amides is 2. The highest BCUT2D eigenvalue weighted by Crippen LogP contribution is 2.42. The van der Waals surface area contributed by atoms with E-state index in [0.717, 1.165) is 16.5 Å². The van der Waals surface area contributed by atoms with Crippen LogP contribution < -0.4 is 21.9 Å². The average molecular weight is 826 g/mol. The molecule has 2 aliphatic heterocycles. The fourth-order valence-corrected chi connectivity index (χ4v) is 6.64. The molecule has 0 fully saturated rings. The fourth-order valence-electron chi connectivity index (χ4n) is 6.64. The fraction of sp³-hybridized carbons (Fsp3) is 0.375. The van der Waals surface area contributed by atoms with E-state index in [2.05, 4.69) is 10.6 Å². The second-order valence-electron chi connectivity index (χ2n) is 14.2. The second kappa shape index (κ2) is 17.2. The number of esters is 1. The van der Waals surface area contributed by atoms with Crippen LogP contribution in [0.4, 0.5) is 23.7 Å². The Balaban J connectivity index is 0.000000867. The number of aryl methyl sites for hydroxylation is 1. The van der Waals surface area contributed by atoms with Crippen LogP contribution in [0.15, 0.2) is 53.3 Å². The summed E-state index contributed by atoms with van der Waals surface area (Å²) < 4.78 is 49.9. The molecule has 0 unspecified atom stereocenters. The summed E-state index contributed by atoms with van der Waals surface area (Å²) in [5.74, 6) is -4.42. The summed E-state index contributed by atoms with van der Waals surface area (Å²) in [5.41, 5.74) is 8.45. The van der Waals surface area contributed by atoms with Gasteiger partial charge < -0.3 is 45.4 Å². The number of aliphatic carboxylic acids is 1. The molecule has 19 heteroatoms. The number of halogens is 3. The minimum absolute atomic E-state index is 0.0367. The van der Waals surface area contributed by atoms with E-state index in [9.17, 15) is 42.3 Å². The smallest absolute Gasteiger partial charge is 0.508 e. The zero-order valence-electron chi connectivity index (χ0n) is 32.6. The molecule has 0 bridgehead atoms. The van der Waals surface area contributed by atoms with E-state index in [-0.39, 0.29) is 54.5 Å². The van der Waals surface area contributed by atoms with Crippen molar-refractivity contribution in [2.45, 2.75) is 91.1 Å². The molecule has 0 spiro atoms. The van der Waals surface area contributed by atoms with Gasteiger partial charge in [-0.15, -0.1) is 0 Å². The van der Waals surface area contributed by atoms with E-state index < -0.39 is 53.8 Å². The zero-order chi connectivity index (χ0) is 43.6. The largest absolute Gasteiger partial charge is 0.510 e. The summed E-state index contributed by atoms with van der Waals surface area (Å²) in [6.45, 7) is 8.56. The first-order valence-electron chi connectivity index (χ1n) is 18.4. The molecule has 0 radical (unpaired) electrons. The number of benzene rings is 2. The van der Waals surface area contributed by atoms with E-state index in [1.54, 1.807) is 66.9 Å². The highest BCUT2D eigenvalue weighted by molar-refractivity contribution is 5.97. The number of carboxylic acid groups (broad SMARTS) is 1. The molecule has 6 N–H and O–H groups in total. The number of nitrogens with one attached hydrogen (secondary N) is 2. The quantitative estimate of drug-likeness (QED) is 0.120. The lowest BCUT2D eigenvalue weighted by Crippen LogP contribution is -2.50. The van der Waals surface area contributed by atoms with Crippen LogP contribution in [0.1, 0.15) is 68.9 Å². The number of ether oxygens (including phenoxy) is 3. The number of phenols is 1. The van der Waals surface area contributed by atoms with Crippen molar-refractivity contribution in [3.05, 3.63) is 86.7 Å². The van der Waals surface area contributed by atoms with E-state index >= 15 is 0 Å². The molecular weight excluding hydrogens is 783 g/mol. The number of nitrogens with zero attached hydrogens (tertiary/aromatic N) is 2. The Morgan fingerprint density at radius 2 is 1.68 bits per heavy atom. The van der Waals surface area contributed by atoms with E-state index in [1.165, 1.54) is 0 Å². The highest BCUT2D eigenvalue weighted by Gasteiger charge is 2.51. The van der Waals surface area contributed by atoms with Gasteiger partial charge in [0.1, 0.15) is 25.0 Å². The van der Waals surface area contributed by atoms with Crippen molar-refractivity contribution in [3.63, 3.8) is 0 Å². The standard InChI is InChI=1S/C38H41N5O9.C2HF3O2/c1-6-24-25-14-23(44)12-13-29(25)42-32-26(24)16-43-30(32)15-28-27(35(43)47)18-50-36(48)38(28,7-2)52-37(49)51-17-21-8-10-22(11-9-21)41-33(45)20(5)40-34(46)31(39)19(3)4;3-2(4,5)1(6)7/h8-15,19-20,31,44H,6-7,16-18,39H2,1-5H3,(H,40,46)(H,41,45);(H,6,7)/t20-,31-,38-;/m0./s1. The Kier molecular flexibility index (Phi) is 12.7. The van der Waals surface area contributed by atoms with Gasteiger partial charge in [-0.1, -0.05) is 39.8 Å². The van der Waals surface area contributed by atoms with Crippen LogP contribution in [0.3, 0.4) is 0 Å². The van der Waals surface area contributed by atoms with Gasteiger partial charge in [-0.3, -0.25) is 14.4 Å². The minimum atomic E-state index is -5.08. The maximum absolute atomic E-state index is 13.9. The highest BCUT2D eigenvalue weighted by atomic mass is 19.4. The van der Waals surface area contributed by atoms with Crippen molar-refractivity contribution in [1.29, 1.82) is 0 Å². The van der Waals surface area contributed by atoms with Crippen LogP contribution in [0.2, 0.25) is 0 Å². The maximum Gasteiger partial charge on any atom is 0.510 e. The van der Waals surface area contributed by atoms with Gasteiger partial charge in [-0.05, 0) is 73.2 Å². The number of hydrogen-bond acceptors (Lipinski definition) is 12. The van der Waals surface area contributed by atoms with Crippen LogP contribution in [0, 0.1) is 5.92 Å². The molecule has 0 aliphatic carbocycles. The first-order valence-corrected chi connectivity index (χ1v) is 18.4. The molecule has 4 heterocycles. The van der Waals surface area contributed by atoms with Gasteiger partial charge in [0.25, 0.3) is 5.56 Å². The number of fused-ring (bicyclic) bond motifs is 5. The molecule has 2 aliphatic rings. The minimum Gasteiger partial charge on any atom is -0.508 e. The number of pyridine rings is 2. The van der Waals surface area contributed by atoms with Gasteiger partial charge in [0, 0.05) is 22.2 Å². The van der Waals surface area contributed by atoms with Crippen molar-refractivity contribution >= 4 is 46.5 Å². The molecule has 16 nitrogen and oxygen atoms in total. The van der Waals surface area contributed by atoms with Gasteiger partial charge in [0.05, 0.1) is 35.1 Å². The lowest BCUT2D eigenvalue weighted by molar-refractivity contribution is -0.192. The lowest BCUT2D eigenvalue weighted by atomic mass is 9.85. The predicted molar refractivity (Wildman–Crippen MR) is 204 cm³/mol. The monoisotopic (exact) mass is 825 g/mol. The third-order valence-corrected chi connectivity index (χ3v) is 9.96. The van der Waals surface area contributed by atoms with Crippen molar-refractivity contribution in [2.24, 2.45) is 11.7 Å². The number of hydrogen-bond donors (Lipinski definition) is 5. The average Bonchev–Trinajstić information content (AvgIpc) is 3.55. The number of anilines is 1. The number of aromatic hydroxyl groups is 1. The van der Waals surface area contributed by atoms with Crippen LogP contribution in [-0.4, -0.2) is 67.9 Å². The predicted octanol–water partition coefficient (Wildman–Crippen LogP) is 4.77. The molecule has 2 aromatic heterocycles. The molecule has 0 saturated carbocycles. The first-order chi connectivity index (χ1) is 27.7. The number of carboxylic acids is 1. The molecule has 6 rings (SSSR count). The van der Waals surface area contributed by atoms with E-state index in [1.807, 2.05) is 20.8 Å². The summed E-state index contributed by atoms with van der Waals surface area (Å²) in [6, 6.07) is 11.5. The van der Waals surface area contributed by atoms with Gasteiger partial charge in [-0.2, -0.15) is 13.2 Å². The Morgan fingerprint density at radius 3 is 2.27 bits per heavy atom. The SMILES string of the molecule is CCc1c2c(nc3ccc(O)cc13)-c1cc3c(c(=O)n1C2)COC(=O)[C@@]3(CC)OC(=O)OCc1ccc(NC(=O)[C@H](C)NC(=O)[C@@H](N)C(C)C)cc1.O=C(O)C(F)(F)F. The number of phenolic OH excluding ortho intramolecular Hbond substituents is 1. The zero-order valence-corrected chi connectivity index (χ0v) is 32.6. The van der Waals surface area contributed by atoms with Crippen molar-refractivity contribution in [3.8, 4) is 17.1 Å². The number of carbonyl (C=O) groups is 5. The van der Waals surface area contributed by atoms with Crippen LogP contribution in [0.5, 0.6) is 5.75 Å². The van der Waals surface area contributed by atoms with Crippen molar-refractivity contribution in [1.82, 2.24) is 14.9 Å². The number of rotatable bonds is 10. The Hall–Kier alpha value is -6.50. The van der Waals surface area contributed by atoms with Crippen LogP contribution in [-0.2, 0) is 65.2 Å². The van der Waals surface area contributed by atoms with Gasteiger partial charge >= 0.3 is 24.3 Å². The topological polar surface area (TPSA) is 238 Å². The number of aromatic nitrogens is 2. The Labute approximate surface area is 334 Å². The number of nitrogens with two attached hydrogens (primary N) is 1. The molecular formula is C40H42F3N5O11. The molecule has 314 valence electrons. The van der Waals surface area contributed by atoms with E-state index in [0.29, 0.717) is 34.6 Å². The summed E-state index contributed by atoms with van der Waals surface area (Å²) in [7, 11) is 0. The van der Waals surface area contributed by atoms with Crippen molar-refractivity contribution < 1.29 is 61.6 Å². The number of alkyl halides is 3. The summed E-state index contributed by atoms with van der Waals surface area (Å²) in [6.07, 6.45) is -5.63. The maximum atomic E-state index is 13.9. The molecule has 0 saturated heterocycles. The summed E-state index contributed by atoms with van der Waals surface area (Å²) >= 11 is 0. The summed E-state index contributed by atoms with van der Waals surface area (Å²) in [4.78, 5) is 79.1. The number of cyclic esters (lactones) is 1. The molecule has 2 aromatic carbocycles. The van der Waals surface area contributed by atoms with Crippen molar-refractivity contribution in [2.75, 3.05) is 5.32 Å². The normalized spacial score (nSPS) is 16.3. The van der Waals surface area contributed by atoms with Gasteiger partial charge in [0.2, 0.25) is 17.4 Å². The molecule has 3 atom stereocenters. The molecule has 4 aromatic rings. The summed E-state index contributed by atoms with van der Waals surface area (Å²) in [5, 5.41) is 23.4. The Morgan fingerprint density at radius 1 is 1.02 bits per heavy atom. The van der Waals surface area contributed by atoms with Gasteiger partial charge in [0.15, 0.2) is 0 Å². The third kappa shape index (κ3) is 8.99. The third-order valence-electron chi connectivity index (χ3n) is 9.96. The van der Waals surface area contributed by atoms with Crippen LogP contribution >= 0.6 is 0 Å². The molecule has 2 amide bonds. The van der Waals surface area contributed by atoms with Gasteiger partial charge in [-0.25, -0.2) is 19.4 Å². The van der Waals surface area contributed by atoms with E-state index in [4.69, 9.17) is 34.8 Å². The second-order valence-corrected chi connectivity index (χ2v) is 14.2. The van der Waals surface area contributed by atoms with Crippen LogP contribution in [0.25, 0.3) is 22.3 Å².